The highest BCUT2D eigenvalue weighted by molar-refractivity contribution is 5.95. The van der Waals surface area contributed by atoms with Crippen molar-refractivity contribution in [2.24, 2.45) is 5.92 Å². The molecule has 4 heteroatoms. The van der Waals surface area contributed by atoms with Crippen molar-refractivity contribution in [1.29, 1.82) is 5.26 Å². The fourth-order valence-electron chi connectivity index (χ4n) is 3.07. The smallest absolute Gasteiger partial charge is 0.120 e. The van der Waals surface area contributed by atoms with Crippen molar-refractivity contribution in [1.82, 2.24) is 4.98 Å². The Morgan fingerprint density at radius 2 is 2.14 bits per heavy atom. The Labute approximate surface area is 131 Å². The van der Waals surface area contributed by atoms with E-state index in [1.165, 1.54) is 12.8 Å². The molecule has 1 aromatic heterocycles. The molecule has 0 spiro atoms. The Morgan fingerprint density at radius 1 is 1.36 bits per heavy atom. The lowest BCUT2D eigenvalue weighted by Crippen LogP contribution is -2.33. The molecule has 22 heavy (non-hydrogen) atoms. The molecule has 0 bridgehead atoms. The summed E-state index contributed by atoms with van der Waals surface area (Å²) in [5, 5.41) is 10.5. The van der Waals surface area contributed by atoms with Crippen LogP contribution in [0.4, 0.5) is 5.69 Å². The molecular weight excluding hydrogens is 274 g/mol. The minimum Gasteiger partial charge on any atom is -0.494 e. The van der Waals surface area contributed by atoms with E-state index >= 15 is 0 Å². The summed E-state index contributed by atoms with van der Waals surface area (Å²) in [6.45, 7) is 6.89. The molecule has 0 unspecified atom stereocenters. The third-order valence-electron chi connectivity index (χ3n) is 4.34. The van der Waals surface area contributed by atoms with Gasteiger partial charge in [-0.2, -0.15) is 5.26 Å². The van der Waals surface area contributed by atoms with Crippen LogP contribution in [0.5, 0.6) is 5.75 Å². The van der Waals surface area contributed by atoms with Gasteiger partial charge < -0.3 is 9.64 Å². The molecule has 1 aliphatic heterocycles. The summed E-state index contributed by atoms with van der Waals surface area (Å²) in [5.74, 6) is 1.59. The van der Waals surface area contributed by atoms with Crippen LogP contribution in [-0.2, 0) is 0 Å². The van der Waals surface area contributed by atoms with Crippen LogP contribution in [0.15, 0.2) is 24.4 Å². The summed E-state index contributed by atoms with van der Waals surface area (Å²) < 4.78 is 5.62. The van der Waals surface area contributed by atoms with Crippen LogP contribution in [0.3, 0.4) is 0 Å². The van der Waals surface area contributed by atoms with Gasteiger partial charge in [-0.05, 0) is 43.9 Å². The number of aromatic nitrogens is 1. The maximum absolute atomic E-state index is 9.49. The summed E-state index contributed by atoms with van der Waals surface area (Å²) in [5.41, 5.74) is 2.58. The molecule has 1 aliphatic rings. The van der Waals surface area contributed by atoms with Gasteiger partial charge in [-0.1, -0.05) is 6.92 Å². The number of fused-ring (bicyclic) bond motifs is 1. The van der Waals surface area contributed by atoms with Gasteiger partial charge >= 0.3 is 0 Å². The van der Waals surface area contributed by atoms with Crippen LogP contribution in [0, 0.1) is 17.2 Å². The van der Waals surface area contributed by atoms with Gasteiger partial charge in [-0.3, -0.25) is 4.98 Å². The third-order valence-corrected chi connectivity index (χ3v) is 4.34. The Bertz CT molecular complexity index is 712. The van der Waals surface area contributed by atoms with Crippen LogP contribution in [0.25, 0.3) is 10.9 Å². The van der Waals surface area contributed by atoms with E-state index < -0.39 is 0 Å². The number of anilines is 1. The van der Waals surface area contributed by atoms with Crippen molar-refractivity contribution >= 4 is 16.6 Å². The second kappa shape index (κ2) is 6.23. The zero-order valence-corrected chi connectivity index (χ0v) is 13.2. The molecule has 1 aromatic carbocycles. The topological polar surface area (TPSA) is 49.1 Å². The molecule has 4 nitrogen and oxygen atoms in total. The van der Waals surface area contributed by atoms with Crippen LogP contribution in [-0.4, -0.2) is 24.7 Å². The van der Waals surface area contributed by atoms with Crippen LogP contribution in [0.2, 0.25) is 0 Å². The van der Waals surface area contributed by atoms with Crippen molar-refractivity contribution in [3.63, 3.8) is 0 Å². The predicted octanol–water partition coefficient (Wildman–Crippen LogP) is 3.74. The minimum absolute atomic E-state index is 0.632. The first kappa shape index (κ1) is 14.6. The first-order valence-electron chi connectivity index (χ1n) is 7.93. The van der Waals surface area contributed by atoms with E-state index in [0.29, 0.717) is 12.2 Å². The normalized spacial score (nSPS) is 15.8. The highest BCUT2D eigenvalue weighted by Gasteiger charge is 2.21. The first-order chi connectivity index (χ1) is 10.7. The van der Waals surface area contributed by atoms with Gasteiger partial charge in [0.1, 0.15) is 11.8 Å². The third kappa shape index (κ3) is 2.71. The van der Waals surface area contributed by atoms with E-state index in [4.69, 9.17) is 4.74 Å². The minimum atomic E-state index is 0.632. The number of piperidine rings is 1. The van der Waals surface area contributed by atoms with E-state index in [9.17, 15) is 5.26 Å². The summed E-state index contributed by atoms with van der Waals surface area (Å²) in [6, 6.07) is 8.22. The monoisotopic (exact) mass is 295 g/mol. The molecule has 2 aromatic rings. The van der Waals surface area contributed by atoms with E-state index in [-0.39, 0.29) is 0 Å². The van der Waals surface area contributed by atoms with E-state index in [1.54, 1.807) is 6.20 Å². The lowest BCUT2D eigenvalue weighted by atomic mass is 9.97. The van der Waals surface area contributed by atoms with Crippen molar-refractivity contribution in [2.45, 2.75) is 26.7 Å². The molecule has 1 fully saturated rings. The van der Waals surface area contributed by atoms with Gasteiger partial charge in [0.15, 0.2) is 0 Å². The molecule has 0 saturated carbocycles. The molecule has 0 N–H and O–H groups in total. The SMILES string of the molecule is CCOc1ccc2ncc(C#N)c(N3CCC(C)CC3)c2c1. The van der Waals surface area contributed by atoms with Gasteiger partial charge in [0.05, 0.1) is 23.4 Å². The average Bonchev–Trinajstić information content (AvgIpc) is 2.55. The predicted molar refractivity (Wildman–Crippen MR) is 88.2 cm³/mol. The molecular formula is C18H21N3O. The summed E-state index contributed by atoms with van der Waals surface area (Å²) in [4.78, 5) is 6.75. The van der Waals surface area contributed by atoms with Gasteiger partial charge in [0.2, 0.25) is 0 Å². The molecule has 3 rings (SSSR count). The lowest BCUT2D eigenvalue weighted by molar-refractivity contribution is 0.340. The zero-order chi connectivity index (χ0) is 15.5. The maximum atomic E-state index is 9.49. The van der Waals surface area contributed by atoms with Crippen molar-refractivity contribution in [2.75, 3.05) is 24.6 Å². The van der Waals surface area contributed by atoms with E-state index in [0.717, 1.165) is 41.3 Å². The van der Waals surface area contributed by atoms with Crippen LogP contribution >= 0.6 is 0 Å². The van der Waals surface area contributed by atoms with Crippen LogP contribution in [0.1, 0.15) is 32.3 Å². The zero-order valence-electron chi connectivity index (χ0n) is 13.2. The summed E-state index contributed by atoms with van der Waals surface area (Å²) >= 11 is 0. The maximum Gasteiger partial charge on any atom is 0.120 e. The number of nitrogens with zero attached hydrogens (tertiary/aromatic N) is 3. The Morgan fingerprint density at radius 3 is 2.82 bits per heavy atom. The van der Waals surface area contributed by atoms with Gasteiger partial charge in [0, 0.05) is 24.7 Å². The van der Waals surface area contributed by atoms with Crippen molar-refractivity contribution in [3.05, 3.63) is 30.0 Å². The highest BCUT2D eigenvalue weighted by Crippen LogP contribution is 2.34. The largest absolute Gasteiger partial charge is 0.494 e. The molecule has 0 atom stereocenters. The summed E-state index contributed by atoms with van der Waals surface area (Å²) in [6.07, 6.45) is 4.02. The molecule has 0 aliphatic carbocycles. The number of hydrogen-bond donors (Lipinski definition) is 0. The standard InChI is InChI=1S/C18H21N3O/c1-3-22-15-4-5-17-16(10-15)18(14(11-19)12-20-17)21-8-6-13(2)7-9-21/h4-5,10,12-13H,3,6-9H2,1-2H3. The molecule has 1 saturated heterocycles. The average molecular weight is 295 g/mol. The molecule has 2 heterocycles. The molecule has 0 radical (unpaired) electrons. The fourth-order valence-corrected chi connectivity index (χ4v) is 3.07. The Balaban J connectivity index is 2.11. The van der Waals surface area contributed by atoms with E-state index in [1.807, 2.05) is 25.1 Å². The number of benzene rings is 1. The Hall–Kier alpha value is -2.28. The van der Waals surface area contributed by atoms with Crippen LogP contribution < -0.4 is 9.64 Å². The number of hydrogen-bond acceptors (Lipinski definition) is 4. The molecule has 0 amide bonds. The first-order valence-corrected chi connectivity index (χ1v) is 7.93. The second-order valence-electron chi connectivity index (χ2n) is 5.91. The number of rotatable bonds is 3. The van der Waals surface area contributed by atoms with Crippen molar-refractivity contribution in [3.8, 4) is 11.8 Å². The van der Waals surface area contributed by atoms with Gasteiger partial charge in [0.25, 0.3) is 0 Å². The highest BCUT2D eigenvalue weighted by atomic mass is 16.5. The second-order valence-corrected chi connectivity index (χ2v) is 5.91. The molecule has 114 valence electrons. The summed E-state index contributed by atoms with van der Waals surface area (Å²) in [7, 11) is 0. The lowest BCUT2D eigenvalue weighted by Gasteiger charge is -2.33. The van der Waals surface area contributed by atoms with Crippen molar-refractivity contribution < 1.29 is 4.74 Å². The van der Waals surface area contributed by atoms with E-state index in [2.05, 4.69) is 22.9 Å². The number of ether oxygens (including phenoxy) is 1. The fraction of sp³-hybridized carbons (Fsp3) is 0.444. The number of nitriles is 1. The Kier molecular flexibility index (Phi) is 4.15. The van der Waals surface area contributed by atoms with Gasteiger partial charge in [-0.15, -0.1) is 0 Å². The quantitative estimate of drug-likeness (QED) is 0.865. The number of pyridine rings is 1. The van der Waals surface area contributed by atoms with Gasteiger partial charge in [-0.25, -0.2) is 0 Å².